The van der Waals surface area contributed by atoms with Gasteiger partial charge in [-0.1, -0.05) is 12.1 Å². The van der Waals surface area contributed by atoms with Crippen LogP contribution >= 0.6 is 0 Å². The van der Waals surface area contributed by atoms with E-state index in [0.29, 0.717) is 29.4 Å². The van der Waals surface area contributed by atoms with Crippen molar-refractivity contribution in [3.8, 4) is 17.2 Å². The third-order valence-electron chi connectivity index (χ3n) is 3.98. The van der Waals surface area contributed by atoms with E-state index in [1.807, 2.05) is 6.92 Å². The number of hydrogen-bond donors (Lipinski definition) is 0. The highest BCUT2D eigenvalue weighted by Gasteiger charge is 2.27. The van der Waals surface area contributed by atoms with E-state index in [2.05, 4.69) is 4.74 Å². The lowest BCUT2D eigenvalue weighted by Crippen LogP contribution is -2.24. The average molecular weight is 368 g/mol. The van der Waals surface area contributed by atoms with Crippen LogP contribution in [-0.4, -0.2) is 31.6 Å². The van der Waals surface area contributed by atoms with Crippen LogP contribution in [0.3, 0.4) is 0 Å². The van der Waals surface area contributed by atoms with Crippen molar-refractivity contribution in [3.63, 3.8) is 0 Å². The van der Waals surface area contributed by atoms with Crippen LogP contribution in [0.5, 0.6) is 17.2 Å². The van der Waals surface area contributed by atoms with Crippen molar-refractivity contribution in [1.29, 1.82) is 0 Å². The van der Waals surface area contributed by atoms with Crippen LogP contribution < -0.4 is 14.2 Å². The highest BCUT2D eigenvalue weighted by Crippen LogP contribution is 2.35. The van der Waals surface area contributed by atoms with Gasteiger partial charge in [-0.2, -0.15) is 0 Å². The van der Waals surface area contributed by atoms with Gasteiger partial charge in [-0.3, -0.25) is 4.79 Å². The molecule has 6 heteroatoms. The first-order chi connectivity index (χ1) is 13.0. The minimum atomic E-state index is -0.701. The van der Waals surface area contributed by atoms with E-state index >= 15 is 0 Å². The lowest BCUT2D eigenvalue weighted by atomic mass is 10.1. The van der Waals surface area contributed by atoms with Crippen molar-refractivity contribution in [2.45, 2.75) is 20.0 Å². The number of carbonyl (C=O) groups is 2. The second kappa shape index (κ2) is 7.95. The molecular weight excluding hydrogens is 348 g/mol. The molecule has 0 amide bonds. The van der Waals surface area contributed by atoms with Gasteiger partial charge in [-0.25, -0.2) is 4.79 Å². The van der Waals surface area contributed by atoms with Gasteiger partial charge in [0, 0.05) is 6.07 Å². The summed E-state index contributed by atoms with van der Waals surface area (Å²) in [6.07, 6.45) is 0.962. The number of carbonyl (C=O) groups excluding carboxylic acids is 2. The summed E-state index contributed by atoms with van der Waals surface area (Å²) in [5.41, 5.74) is 1.28. The Bertz CT molecular complexity index is 882. The van der Waals surface area contributed by atoms with Crippen molar-refractivity contribution in [1.82, 2.24) is 0 Å². The fourth-order valence-electron chi connectivity index (χ4n) is 2.64. The van der Waals surface area contributed by atoms with Crippen molar-refractivity contribution in [2.75, 3.05) is 13.7 Å². The van der Waals surface area contributed by atoms with E-state index in [9.17, 15) is 9.59 Å². The molecule has 1 aliphatic rings. The number of fused-ring (bicyclic) bond motifs is 1. The summed E-state index contributed by atoms with van der Waals surface area (Å²) in [6, 6.07) is 12.1. The van der Waals surface area contributed by atoms with E-state index < -0.39 is 12.1 Å². The molecule has 140 valence electrons. The molecule has 0 aliphatic carbocycles. The third kappa shape index (κ3) is 4.11. The molecule has 1 heterocycles. The topological polar surface area (TPSA) is 71.1 Å². The number of allylic oxidation sites excluding steroid dienone is 1. The van der Waals surface area contributed by atoms with Crippen LogP contribution in [0.25, 0.3) is 6.08 Å². The Morgan fingerprint density at radius 3 is 2.52 bits per heavy atom. The van der Waals surface area contributed by atoms with Gasteiger partial charge in [0.25, 0.3) is 0 Å². The zero-order chi connectivity index (χ0) is 19.4. The molecule has 0 N–H and O–H groups in total. The van der Waals surface area contributed by atoms with Gasteiger partial charge < -0.3 is 18.9 Å². The number of methoxy groups -OCH3 is 1. The van der Waals surface area contributed by atoms with Gasteiger partial charge in [0.05, 0.1) is 19.3 Å². The fraction of sp³-hybridized carbons (Fsp3) is 0.238. The predicted molar refractivity (Wildman–Crippen MR) is 99.1 cm³/mol. The van der Waals surface area contributed by atoms with Crippen LogP contribution in [-0.2, 0) is 9.53 Å². The van der Waals surface area contributed by atoms with E-state index in [-0.39, 0.29) is 11.5 Å². The van der Waals surface area contributed by atoms with Crippen LogP contribution in [0.1, 0.15) is 29.8 Å². The van der Waals surface area contributed by atoms with Crippen molar-refractivity contribution >= 4 is 17.8 Å². The van der Waals surface area contributed by atoms with Gasteiger partial charge in [0.15, 0.2) is 11.9 Å². The normalized spacial score (nSPS) is 15.1. The number of Topliss-reactive ketones (excluding diaryl/α,β-unsaturated/α-hetero) is 1. The van der Waals surface area contributed by atoms with Crippen molar-refractivity contribution < 1.29 is 28.5 Å². The Labute approximate surface area is 157 Å². The lowest BCUT2D eigenvalue weighted by molar-refractivity contribution is -0.147. The van der Waals surface area contributed by atoms with E-state index in [1.165, 1.54) is 7.11 Å². The van der Waals surface area contributed by atoms with Gasteiger partial charge in [0.2, 0.25) is 5.78 Å². The van der Waals surface area contributed by atoms with E-state index in [0.717, 1.165) is 5.56 Å². The summed E-state index contributed by atoms with van der Waals surface area (Å²) < 4.78 is 21.2. The van der Waals surface area contributed by atoms with Crippen molar-refractivity contribution in [2.24, 2.45) is 0 Å². The lowest BCUT2D eigenvalue weighted by Gasteiger charge is -2.12. The van der Waals surface area contributed by atoms with E-state index in [4.69, 9.17) is 14.2 Å². The molecule has 1 aliphatic heterocycles. The van der Waals surface area contributed by atoms with Crippen LogP contribution in [0, 0.1) is 0 Å². The highest BCUT2D eigenvalue weighted by atomic mass is 16.6. The summed E-state index contributed by atoms with van der Waals surface area (Å²) in [5, 5.41) is 0. The second-order valence-electron chi connectivity index (χ2n) is 5.88. The molecule has 0 aromatic heterocycles. The molecule has 0 radical (unpaired) electrons. The van der Waals surface area contributed by atoms with Gasteiger partial charge in [-0.05, 0) is 49.8 Å². The third-order valence-corrected chi connectivity index (χ3v) is 3.98. The standard InChI is InChI=1S/C21H20O6/c1-4-25-16-9-10-17-18(12-16)27-19(20(17)22)11-14-5-7-15(8-6-14)26-13(2)21(23)24-3/h5-13H,4H2,1-3H3/t13-/m1/s1. The molecule has 0 spiro atoms. The molecule has 3 rings (SSSR count). The Kier molecular flexibility index (Phi) is 5.45. The maximum atomic E-state index is 12.5. The van der Waals surface area contributed by atoms with Crippen LogP contribution in [0.2, 0.25) is 0 Å². The number of rotatable bonds is 6. The Morgan fingerprint density at radius 1 is 1.15 bits per heavy atom. The molecular formula is C21H20O6. The minimum absolute atomic E-state index is 0.173. The molecule has 0 saturated carbocycles. The largest absolute Gasteiger partial charge is 0.494 e. The molecule has 0 unspecified atom stereocenters. The molecule has 1 atom stereocenters. The number of ketones is 1. The maximum absolute atomic E-state index is 12.5. The smallest absolute Gasteiger partial charge is 0.346 e. The predicted octanol–water partition coefficient (Wildman–Crippen LogP) is 3.64. The highest BCUT2D eigenvalue weighted by molar-refractivity contribution is 6.14. The Balaban J connectivity index is 1.73. The molecule has 6 nitrogen and oxygen atoms in total. The maximum Gasteiger partial charge on any atom is 0.346 e. The van der Waals surface area contributed by atoms with E-state index in [1.54, 1.807) is 55.5 Å². The number of esters is 1. The molecule has 27 heavy (non-hydrogen) atoms. The molecule has 0 saturated heterocycles. The minimum Gasteiger partial charge on any atom is -0.494 e. The first-order valence-electron chi connectivity index (χ1n) is 8.57. The summed E-state index contributed by atoms with van der Waals surface area (Å²) in [6.45, 7) is 4.04. The van der Waals surface area contributed by atoms with Gasteiger partial charge >= 0.3 is 5.97 Å². The number of benzene rings is 2. The number of ether oxygens (including phenoxy) is 4. The average Bonchev–Trinajstić information content (AvgIpc) is 2.98. The molecule has 0 fully saturated rings. The van der Waals surface area contributed by atoms with Crippen molar-refractivity contribution in [3.05, 3.63) is 59.4 Å². The van der Waals surface area contributed by atoms with Gasteiger partial charge in [0.1, 0.15) is 17.2 Å². The first kappa shape index (κ1) is 18.5. The summed E-state index contributed by atoms with van der Waals surface area (Å²) >= 11 is 0. The molecule has 0 bridgehead atoms. The van der Waals surface area contributed by atoms with Crippen LogP contribution in [0.15, 0.2) is 48.2 Å². The zero-order valence-corrected chi connectivity index (χ0v) is 15.4. The molecule has 2 aromatic carbocycles. The summed E-state index contributed by atoms with van der Waals surface area (Å²) in [7, 11) is 1.31. The SMILES string of the molecule is CCOc1ccc2c(c1)OC(=Cc1ccc(O[C@H](C)C(=O)OC)cc1)C2=O. The monoisotopic (exact) mass is 368 g/mol. The molecule has 2 aromatic rings. The zero-order valence-electron chi connectivity index (χ0n) is 15.4. The van der Waals surface area contributed by atoms with Crippen LogP contribution in [0.4, 0.5) is 0 Å². The first-order valence-corrected chi connectivity index (χ1v) is 8.57. The summed E-state index contributed by atoms with van der Waals surface area (Å²) in [4.78, 5) is 23.9. The number of hydrogen-bond acceptors (Lipinski definition) is 6. The second-order valence-corrected chi connectivity index (χ2v) is 5.88. The van der Waals surface area contributed by atoms with Gasteiger partial charge in [-0.15, -0.1) is 0 Å². The Hall–Kier alpha value is -3.28. The quantitative estimate of drug-likeness (QED) is 0.573. The summed E-state index contributed by atoms with van der Waals surface area (Å²) in [5.74, 6) is 1.30. The Morgan fingerprint density at radius 2 is 1.85 bits per heavy atom. The fourth-order valence-corrected chi connectivity index (χ4v) is 2.64.